The molecule has 0 saturated carbocycles. The fraction of sp³-hybridized carbons (Fsp3) is 0.111. The molecule has 0 unspecified atom stereocenters. The SMILES string of the molecule is CSc1nccc(-c2cc(C#N)c(Cl)nc2-c2cccc(C(F)(F)F)c2)n1. The number of hydrogen-bond acceptors (Lipinski definition) is 5. The van der Waals surface area contributed by atoms with Crippen molar-refractivity contribution in [1.82, 2.24) is 15.0 Å². The van der Waals surface area contributed by atoms with E-state index in [2.05, 4.69) is 15.0 Å². The van der Waals surface area contributed by atoms with Gasteiger partial charge in [-0.2, -0.15) is 18.4 Å². The van der Waals surface area contributed by atoms with Crippen molar-refractivity contribution in [3.05, 3.63) is 58.9 Å². The zero-order valence-electron chi connectivity index (χ0n) is 13.8. The van der Waals surface area contributed by atoms with Gasteiger partial charge in [-0.1, -0.05) is 35.5 Å². The molecule has 1 aromatic carbocycles. The zero-order valence-corrected chi connectivity index (χ0v) is 15.3. The van der Waals surface area contributed by atoms with Crippen LogP contribution >= 0.6 is 23.4 Å². The predicted molar refractivity (Wildman–Crippen MR) is 97.2 cm³/mol. The van der Waals surface area contributed by atoms with Crippen molar-refractivity contribution in [1.29, 1.82) is 5.26 Å². The number of rotatable bonds is 3. The first kappa shape index (κ1) is 19.1. The molecule has 0 saturated heterocycles. The third kappa shape index (κ3) is 4.04. The third-order valence-corrected chi connectivity index (χ3v) is 4.50. The molecule has 0 fully saturated rings. The number of aromatic nitrogens is 3. The molecular weight excluding hydrogens is 397 g/mol. The lowest BCUT2D eigenvalue weighted by atomic mass is 10.00. The molecule has 0 N–H and O–H groups in total. The molecular formula is C18H10ClF3N4S. The van der Waals surface area contributed by atoms with Gasteiger partial charge in [-0.05, 0) is 30.5 Å². The predicted octanol–water partition coefficient (Wildman–Crippen LogP) is 5.47. The fourth-order valence-electron chi connectivity index (χ4n) is 2.42. The Morgan fingerprint density at radius 3 is 2.59 bits per heavy atom. The van der Waals surface area contributed by atoms with Crippen LogP contribution in [0.15, 0.2) is 47.8 Å². The van der Waals surface area contributed by atoms with Gasteiger partial charge in [-0.15, -0.1) is 0 Å². The maximum Gasteiger partial charge on any atom is 0.416 e. The maximum absolute atomic E-state index is 13.1. The lowest BCUT2D eigenvalue weighted by Gasteiger charge is -2.13. The topological polar surface area (TPSA) is 62.5 Å². The first-order valence-corrected chi connectivity index (χ1v) is 9.09. The van der Waals surface area contributed by atoms with E-state index in [0.717, 1.165) is 12.1 Å². The molecule has 0 aliphatic carbocycles. The largest absolute Gasteiger partial charge is 0.416 e. The highest BCUT2D eigenvalue weighted by atomic mass is 35.5. The van der Waals surface area contributed by atoms with Gasteiger partial charge in [-0.25, -0.2) is 15.0 Å². The maximum atomic E-state index is 13.1. The van der Waals surface area contributed by atoms with Crippen LogP contribution in [0.25, 0.3) is 22.5 Å². The fourth-order valence-corrected chi connectivity index (χ4v) is 2.95. The van der Waals surface area contributed by atoms with Gasteiger partial charge in [0.25, 0.3) is 0 Å². The summed E-state index contributed by atoms with van der Waals surface area (Å²) in [6, 6.07) is 9.76. The van der Waals surface area contributed by atoms with Crippen LogP contribution in [0.2, 0.25) is 5.15 Å². The molecule has 4 nitrogen and oxygen atoms in total. The van der Waals surface area contributed by atoms with E-state index in [9.17, 15) is 18.4 Å². The number of thioether (sulfide) groups is 1. The van der Waals surface area contributed by atoms with E-state index >= 15 is 0 Å². The third-order valence-electron chi connectivity index (χ3n) is 3.65. The number of alkyl halides is 3. The molecule has 0 radical (unpaired) electrons. The smallest absolute Gasteiger partial charge is 0.234 e. The molecule has 27 heavy (non-hydrogen) atoms. The summed E-state index contributed by atoms with van der Waals surface area (Å²) in [7, 11) is 0. The van der Waals surface area contributed by atoms with E-state index in [4.69, 9.17) is 11.6 Å². The molecule has 9 heteroatoms. The highest BCUT2D eigenvalue weighted by Crippen LogP contribution is 2.36. The lowest BCUT2D eigenvalue weighted by Crippen LogP contribution is -2.05. The minimum absolute atomic E-state index is 0.0900. The Labute approximate surface area is 162 Å². The molecule has 0 aliphatic rings. The van der Waals surface area contributed by atoms with E-state index in [-0.39, 0.29) is 22.0 Å². The van der Waals surface area contributed by atoms with Gasteiger partial charge in [0.1, 0.15) is 11.2 Å². The van der Waals surface area contributed by atoms with Crippen LogP contribution in [0, 0.1) is 11.3 Å². The normalized spacial score (nSPS) is 11.3. The van der Waals surface area contributed by atoms with Crippen LogP contribution in [-0.2, 0) is 6.18 Å². The van der Waals surface area contributed by atoms with Crippen LogP contribution in [0.1, 0.15) is 11.1 Å². The van der Waals surface area contributed by atoms with Crippen LogP contribution in [0.4, 0.5) is 13.2 Å². The molecule has 0 spiro atoms. The van der Waals surface area contributed by atoms with Crippen LogP contribution in [0.3, 0.4) is 0 Å². The summed E-state index contributed by atoms with van der Waals surface area (Å²) in [5, 5.41) is 9.64. The van der Waals surface area contributed by atoms with Crippen molar-refractivity contribution in [2.75, 3.05) is 6.26 Å². The molecule has 136 valence electrons. The van der Waals surface area contributed by atoms with Crippen molar-refractivity contribution in [3.8, 4) is 28.6 Å². The van der Waals surface area contributed by atoms with Crippen molar-refractivity contribution in [2.45, 2.75) is 11.3 Å². The number of nitriles is 1. The lowest BCUT2D eigenvalue weighted by molar-refractivity contribution is -0.137. The van der Waals surface area contributed by atoms with Crippen molar-refractivity contribution in [2.24, 2.45) is 0 Å². The Hall–Kier alpha value is -2.63. The van der Waals surface area contributed by atoms with E-state index in [1.54, 1.807) is 12.3 Å². The first-order valence-electron chi connectivity index (χ1n) is 7.49. The van der Waals surface area contributed by atoms with Crippen LogP contribution in [-0.4, -0.2) is 21.2 Å². The number of halogens is 4. The molecule has 3 rings (SSSR count). The van der Waals surface area contributed by atoms with Gasteiger partial charge in [0.2, 0.25) is 0 Å². The van der Waals surface area contributed by atoms with Crippen LogP contribution < -0.4 is 0 Å². The Morgan fingerprint density at radius 1 is 1.15 bits per heavy atom. The second-order valence-electron chi connectivity index (χ2n) is 5.34. The molecule has 0 amide bonds. The summed E-state index contributed by atoms with van der Waals surface area (Å²) in [5.41, 5.74) is 0.550. The summed E-state index contributed by atoms with van der Waals surface area (Å²) in [4.78, 5) is 12.6. The first-order chi connectivity index (χ1) is 12.8. The highest BCUT2D eigenvalue weighted by Gasteiger charge is 2.31. The number of benzene rings is 1. The second kappa shape index (κ2) is 7.55. The highest BCUT2D eigenvalue weighted by molar-refractivity contribution is 7.98. The van der Waals surface area contributed by atoms with Gasteiger partial charge < -0.3 is 0 Å². The summed E-state index contributed by atoms with van der Waals surface area (Å²) in [5.74, 6) is 0. The monoisotopic (exact) mass is 406 g/mol. The second-order valence-corrected chi connectivity index (χ2v) is 6.47. The zero-order chi connectivity index (χ0) is 19.6. The van der Waals surface area contributed by atoms with Gasteiger partial charge in [0.15, 0.2) is 5.16 Å². The average Bonchev–Trinajstić information content (AvgIpc) is 2.67. The van der Waals surface area contributed by atoms with E-state index in [1.807, 2.05) is 6.07 Å². The standard InChI is InChI=1S/C18H10ClF3N4S/c1-27-17-24-6-5-14(25-17)13-8-11(9-23)16(19)26-15(13)10-3-2-4-12(7-10)18(20,21)22/h2-8H,1H3. The van der Waals surface area contributed by atoms with Gasteiger partial charge in [-0.3, -0.25) is 0 Å². The van der Waals surface area contributed by atoms with E-state index < -0.39 is 11.7 Å². The Balaban J connectivity index is 2.27. The number of nitrogens with zero attached hydrogens (tertiary/aromatic N) is 4. The molecule has 0 bridgehead atoms. The summed E-state index contributed by atoms with van der Waals surface area (Å²) >= 11 is 7.35. The van der Waals surface area contributed by atoms with Crippen molar-refractivity contribution >= 4 is 23.4 Å². The van der Waals surface area contributed by atoms with E-state index in [0.29, 0.717) is 16.4 Å². The van der Waals surface area contributed by atoms with Gasteiger partial charge in [0, 0.05) is 17.3 Å². The number of pyridine rings is 1. The van der Waals surface area contributed by atoms with Gasteiger partial charge in [0.05, 0.1) is 22.5 Å². The molecule has 2 aromatic heterocycles. The summed E-state index contributed by atoms with van der Waals surface area (Å²) in [6.07, 6.45) is -1.16. The van der Waals surface area contributed by atoms with Crippen molar-refractivity contribution in [3.63, 3.8) is 0 Å². The number of hydrogen-bond donors (Lipinski definition) is 0. The van der Waals surface area contributed by atoms with E-state index in [1.165, 1.54) is 36.2 Å². The Kier molecular flexibility index (Phi) is 5.35. The van der Waals surface area contributed by atoms with Crippen molar-refractivity contribution < 1.29 is 13.2 Å². The summed E-state index contributed by atoms with van der Waals surface area (Å²) in [6.45, 7) is 0. The molecule has 3 aromatic rings. The molecule has 0 aliphatic heterocycles. The average molecular weight is 407 g/mol. The minimum atomic E-state index is -4.49. The molecule has 2 heterocycles. The molecule has 0 atom stereocenters. The van der Waals surface area contributed by atoms with Gasteiger partial charge >= 0.3 is 6.18 Å². The quantitative estimate of drug-likeness (QED) is 0.328. The Bertz CT molecular complexity index is 1050. The Morgan fingerprint density at radius 2 is 1.93 bits per heavy atom. The van der Waals surface area contributed by atoms with Crippen LogP contribution in [0.5, 0.6) is 0 Å². The summed E-state index contributed by atoms with van der Waals surface area (Å²) < 4.78 is 39.3. The minimum Gasteiger partial charge on any atom is -0.234 e.